The zero-order chi connectivity index (χ0) is 19.7. The van der Waals surface area contributed by atoms with Crippen LogP contribution in [-0.4, -0.2) is 23.9 Å². The molecule has 1 fully saturated rings. The van der Waals surface area contributed by atoms with Crippen LogP contribution in [0.3, 0.4) is 0 Å². The van der Waals surface area contributed by atoms with Crippen LogP contribution in [0, 0.1) is 6.92 Å². The van der Waals surface area contributed by atoms with Gasteiger partial charge in [-0.05, 0) is 35.4 Å². The maximum absolute atomic E-state index is 12.9. The van der Waals surface area contributed by atoms with Gasteiger partial charge < -0.3 is 10.1 Å². The third-order valence-electron chi connectivity index (χ3n) is 4.82. The zero-order valence-corrected chi connectivity index (χ0v) is 15.7. The Balaban J connectivity index is 1.71. The van der Waals surface area contributed by atoms with Crippen molar-refractivity contribution in [1.29, 1.82) is 0 Å². The minimum atomic E-state index is -0.419. The number of nitrogens with zero attached hydrogens (tertiary/aromatic N) is 1. The van der Waals surface area contributed by atoms with Gasteiger partial charge in [-0.1, -0.05) is 60.2 Å². The Kier molecular flexibility index (Phi) is 4.57. The number of hydrogen-bond donors (Lipinski definition) is 1. The van der Waals surface area contributed by atoms with Gasteiger partial charge in [0.25, 0.3) is 5.91 Å². The number of carbonyl (C=O) groups is 2. The molecule has 3 aromatic carbocycles. The maximum atomic E-state index is 12.9. The molecule has 4 rings (SSSR count). The van der Waals surface area contributed by atoms with Gasteiger partial charge in [0.05, 0.1) is 13.7 Å². The summed E-state index contributed by atoms with van der Waals surface area (Å²) in [5.74, 6) is 0.298. The molecule has 1 saturated heterocycles. The van der Waals surface area contributed by atoms with Crippen molar-refractivity contribution in [1.82, 2.24) is 10.2 Å². The van der Waals surface area contributed by atoms with Crippen LogP contribution < -0.4 is 10.1 Å². The molecule has 0 radical (unpaired) electrons. The zero-order valence-electron chi connectivity index (χ0n) is 15.7. The number of hydrogen-bond acceptors (Lipinski definition) is 3. The fraction of sp³-hybridized carbons (Fsp3) is 0.130. The molecule has 0 atom stereocenters. The Bertz CT molecular complexity index is 1120. The number of amides is 3. The summed E-state index contributed by atoms with van der Waals surface area (Å²) in [4.78, 5) is 26.5. The van der Waals surface area contributed by atoms with E-state index >= 15 is 0 Å². The van der Waals surface area contributed by atoms with Crippen LogP contribution in [0.2, 0.25) is 0 Å². The molecule has 5 nitrogen and oxygen atoms in total. The lowest BCUT2D eigenvalue weighted by atomic mass is 10.0. The number of ether oxygens (including phenoxy) is 1. The molecule has 0 aliphatic carbocycles. The molecule has 140 valence electrons. The topological polar surface area (TPSA) is 58.6 Å². The Hall–Kier alpha value is -3.60. The first-order valence-electron chi connectivity index (χ1n) is 9.02. The number of urea groups is 1. The van der Waals surface area contributed by atoms with Crippen molar-refractivity contribution in [2.24, 2.45) is 0 Å². The third kappa shape index (κ3) is 3.22. The number of fused-ring (bicyclic) bond motifs is 1. The normalized spacial score (nSPS) is 15.4. The van der Waals surface area contributed by atoms with E-state index in [1.165, 1.54) is 4.90 Å². The second-order valence-electron chi connectivity index (χ2n) is 6.77. The highest BCUT2D eigenvalue weighted by Crippen LogP contribution is 2.30. The summed E-state index contributed by atoms with van der Waals surface area (Å²) in [7, 11) is 1.59. The molecule has 28 heavy (non-hydrogen) atoms. The fourth-order valence-corrected chi connectivity index (χ4v) is 3.46. The highest BCUT2D eigenvalue weighted by molar-refractivity contribution is 6.14. The molecule has 0 unspecified atom stereocenters. The summed E-state index contributed by atoms with van der Waals surface area (Å²) in [5, 5.41) is 4.68. The number of imide groups is 1. The largest absolute Gasteiger partial charge is 0.496 e. The summed E-state index contributed by atoms with van der Waals surface area (Å²) in [6.45, 7) is 2.21. The minimum absolute atomic E-state index is 0.232. The molecule has 3 aromatic rings. The molecule has 0 bridgehead atoms. The van der Waals surface area contributed by atoms with E-state index in [9.17, 15) is 9.59 Å². The molecule has 3 amide bonds. The Labute approximate surface area is 163 Å². The molecular weight excluding hydrogens is 352 g/mol. The van der Waals surface area contributed by atoms with Gasteiger partial charge in [-0.2, -0.15) is 0 Å². The van der Waals surface area contributed by atoms with Gasteiger partial charge >= 0.3 is 6.03 Å². The summed E-state index contributed by atoms with van der Waals surface area (Å²) >= 11 is 0. The molecule has 1 heterocycles. The number of rotatable bonds is 4. The van der Waals surface area contributed by atoms with E-state index in [1.807, 2.05) is 67.6 Å². The van der Waals surface area contributed by atoms with Crippen molar-refractivity contribution in [3.8, 4) is 5.75 Å². The molecule has 1 aliphatic heterocycles. The SMILES string of the molecule is COc1ccc2ccccc2c1/C=C1\NC(=O)N(Cc2cccc(C)c2)C1=O. The molecule has 5 heteroatoms. The van der Waals surface area contributed by atoms with E-state index in [0.717, 1.165) is 27.5 Å². The first-order chi connectivity index (χ1) is 13.6. The number of nitrogens with one attached hydrogen (secondary N) is 1. The molecule has 1 N–H and O–H groups in total. The van der Waals surface area contributed by atoms with E-state index in [2.05, 4.69) is 5.32 Å². The van der Waals surface area contributed by atoms with E-state index < -0.39 is 6.03 Å². The van der Waals surface area contributed by atoms with E-state index in [-0.39, 0.29) is 18.1 Å². The number of benzene rings is 3. The monoisotopic (exact) mass is 372 g/mol. The first kappa shape index (κ1) is 17.8. The van der Waals surface area contributed by atoms with Crippen LogP contribution in [0.5, 0.6) is 5.75 Å². The van der Waals surface area contributed by atoms with E-state index in [1.54, 1.807) is 13.2 Å². The van der Waals surface area contributed by atoms with Crippen molar-refractivity contribution in [3.63, 3.8) is 0 Å². The van der Waals surface area contributed by atoms with Crippen LogP contribution in [0.15, 0.2) is 66.4 Å². The second-order valence-corrected chi connectivity index (χ2v) is 6.77. The van der Waals surface area contributed by atoms with Gasteiger partial charge in [0, 0.05) is 5.56 Å². The van der Waals surface area contributed by atoms with Gasteiger partial charge in [-0.3, -0.25) is 9.69 Å². The van der Waals surface area contributed by atoms with Crippen molar-refractivity contribution in [2.45, 2.75) is 13.5 Å². The predicted molar refractivity (Wildman–Crippen MR) is 109 cm³/mol. The van der Waals surface area contributed by atoms with Gasteiger partial charge in [-0.15, -0.1) is 0 Å². The van der Waals surface area contributed by atoms with Gasteiger partial charge in [0.15, 0.2) is 0 Å². The van der Waals surface area contributed by atoms with E-state index in [0.29, 0.717) is 5.75 Å². The Morgan fingerprint density at radius 3 is 2.64 bits per heavy atom. The number of carbonyl (C=O) groups excluding carboxylic acids is 2. The van der Waals surface area contributed by atoms with Gasteiger partial charge in [0.2, 0.25) is 0 Å². The van der Waals surface area contributed by atoms with Crippen molar-refractivity contribution in [3.05, 3.63) is 83.1 Å². The lowest BCUT2D eigenvalue weighted by molar-refractivity contribution is -0.123. The predicted octanol–water partition coefficient (Wildman–Crippen LogP) is 4.25. The summed E-state index contributed by atoms with van der Waals surface area (Å²) < 4.78 is 5.48. The molecular formula is C23H20N2O3. The smallest absolute Gasteiger partial charge is 0.329 e. The average molecular weight is 372 g/mol. The van der Waals surface area contributed by atoms with Crippen molar-refractivity contribution in [2.75, 3.05) is 7.11 Å². The molecule has 1 aliphatic rings. The Morgan fingerprint density at radius 2 is 1.86 bits per heavy atom. The van der Waals surface area contributed by atoms with Crippen LogP contribution in [0.25, 0.3) is 16.8 Å². The van der Waals surface area contributed by atoms with Crippen molar-refractivity contribution < 1.29 is 14.3 Å². The minimum Gasteiger partial charge on any atom is -0.496 e. The second kappa shape index (κ2) is 7.19. The average Bonchev–Trinajstić information content (AvgIpc) is 2.96. The lowest BCUT2D eigenvalue weighted by Crippen LogP contribution is -2.30. The lowest BCUT2D eigenvalue weighted by Gasteiger charge is -2.12. The molecule has 0 aromatic heterocycles. The van der Waals surface area contributed by atoms with Crippen LogP contribution in [0.1, 0.15) is 16.7 Å². The van der Waals surface area contributed by atoms with Crippen LogP contribution in [-0.2, 0) is 11.3 Å². The van der Waals surface area contributed by atoms with Crippen LogP contribution >= 0.6 is 0 Å². The van der Waals surface area contributed by atoms with Gasteiger partial charge in [-0.25, -0.2) is 4.79 Å². The number of aryl methyl sites for hydroxylation is 1. The number of methoxy groups -OCH3 is 1. The highest BCUT2D eigenvalue weighted by atomic mass is 16.5. The van der Waals surface area contributed by atoms with E-state index in [4.69, 9.17) is 4.74 Å². The van der Waals surface area contributed by atoms with Gasteiger partial charge in [0.1, 0.15) is 11.4 Å². The highest BCUT2D eigenvalue weighted by Gasteiger charge is 2.33. The molecule has 0 saturated carbocycles. The fourth-order valence-electron chi connectivity index (χ4n) is 3.46. The summed E-state index contributed by atoms with van der Waals surface area (Å²) in [5.41, 5.74) is 3.00. The quantitative estimate of drug-likeness (QED) is 0.550. The third-order valence-corrected chi connectivity index (χ3v) is 4.82. The molecule has 0 spiro atoms. The Morgan fingerprint density at radius 1 is 1.04 bits per heavy atom. The van der Waals surface area contributed by atoms with Crippen LogP contribution in [0.4, 0.5) is 4.79 Å². The maximum Gasteiger partial charge on any atom is 0.329 e. The summed E-state index contributed by atoms with van der Waals surface area (Å²) in [6.07, 6.45) is 1.69. The first-order valence-corrected chi connectivity index (χ1v) is 9.02. The standard InChI is InChI=1S/C23H20N2O3/c1-15-6-5-7-16(12-15)14-25-22(26)20(24-23(25)27)13-19-18-9-4-3-8-17(18)10-11-21(19)28-2/h3-13H,14H2,1-2H3,(H,24,27)/b20-13-. The van der Waals surface area contributed by atoms with Crippen molar-refractivity contribution >= 4 is 28.8 Å². The summed E-state index contributed by atoms with van der Waals surface area (Å²) in [6, 6.07) is 19.0.